The number of hydrogen-bond donors (Lipinski definition) is 4. The first-order valence-electron chi connectivity index (χ1n) is 15.4. The Kier molecular flexibility index (Phi) is 10.9. The minimum atomic E-state index is -4.90. The summed E-state index contributed by atoms with van der Waals surface area (Å²) >= 11 is 0. The fourth-order valence-electron chi connectivity index (χ4n) is 4.61. The van der Waals surface area contributed by atoms with Gasteiger partial charge >= 0.3 is 18.4 Å². The number of nitrogens with two attached hydrogens (primary N) is 1. The van der Waals surface area contributed by atoms with Crippen molar-refractivity contribution in [2.45, 2.75) is 71.5 Å². The average Bonchev–Trinajstić information content (AvgIpc) is 3.46. The lowest BCUT2D eigenvalue weighted by molar-refractivity contribution is -0.141. The number of rotatable bonds is 8. The van der Waals surface area contributed by atoms with E-state index in [4.69, 9.17) is 15.2 Å². The zero-order chi connectivity index (χ0) is 37.0. The molecule has 0 aliphatic carbocycles. The van der Waals surface area contributed by atoms with Gasteiger partial charge in [0.1, 0.15) is 22.7 Å². The molecule has 15 heteroatoms. The van der Waals surface area contributed by atoms with Gasteiger partial charge in [-0.05, 0) is 94.6 Å². The third kappa shape index (κ3) is 10.3. The Morgan fingerprint density at radius 2 is 1.46 bits per heavy atom. The number of benzene rings is 3. The van der Waals surface area contributed by atoms with Crippen LogP contribution >= 0.6 is 0 Å². The normalized spacial score (nSPS) is 12.5. The number of alkyl halides is 3. The van der Waals surface area contributed by atoms with Crippen LogP contribution < -0.4 is 21.7 Å². The number of nitrogens with zero attached hydrogens (tertiary/aromatic N) is 2. The Hall–Kier alpha value is -5.44. The van der Waals surface area contributed by atoms with Gasteiger partial charge in [0.25, 0.3) is 5.91 Å². The van der Waals surface area contributed by atoms with Crippen molar-refractivity contribution in [1.82, 2.24) is 15.1 Å². The highest BCUT2D eigenvalue weighted by atomic mass is 19.4. The van der Waals surface area contributed by atoms with Gasteiger partial charge in [-0.2, -0.15) is 18.3 Å². The van der Waals surface area contributed by atoms with E-state index in [1.807, 2.05) is 0 Å². The van der Waals surface area contributed by atoms with Crippen LogP contribution in [0.3, 0.4) is 0 Å². The summed E-state index contributed by atoms with van der Waals surface area (Å²) in [5, 5.41) is 11.1. The van der Waals surface area contributed by atoms with Crippen molar-refractivity contribution < 1.29 is 41.4 Å². The van der Waals surface area contributed by atoms with Crippen LogP contribution in [0.5, 0.6) is 0 Å². The highest BCUT2D eigenvalue weighted by molar-refractivity contribution is 6.03. The predicted molar refractivity (Wildman–Crippen MR) is 178 cm³/mol. The fourth-order valence-corrected chi connectivity index (χ4v) is 4.61. The zero-order valence-electron chi connectivity index (χ0n) is 28.2. The summed E-state index contributed by atoms with van der Waals surface area (Å²) in [6.45, 7) is 10.2. The summed E-state index contributed by atoms with van der Waals surface area (Å²) in [4.78, 5) is 37.8. The molecule has 0 bridgehead atoms. The van der Waals surface area contributed by atoms with E-state index in [2.05, 4.69) is 21.0 Å². The zero-order valence-corrected chi connectivity index (χ0v) is 28.2. The van der Waals surface area contributed by atoms with Gasteiger partial charge in [0.15, 0.2) is 5.69 Å². The van der Waals surface area contributed by atoms with E-state index in [0.717, 1.165) is 10.7 Å². The van der Waals surface area contributed by atoms with Crippen molar-refractivity contribution in [1.29, 1.82) is 0 Å². The van der Waals surface area contributed by atoms with Crippen LogP contribution in [0.25, 0.3) is 5.69 Å². The van der Waals surface area contributed by atoms with Gasteiger partial charge < -0.3 is 25.8 Å². The number of alkyl carbamates (subject to hydrolysis) is 1. The molecule has 5 N–H and O–H groups in total. The Bertz CT molecular complexity index is 1880. The summed E-state index contributed by atoms with van der Waals surface area (Å²) in [5.74, 6) is -1.95. The quantitative estimate of drug-likeness (QED) is 0.138. The average molecular weight is 699 g/mol. The van der Waals surface area contributed by atoms with E-state index < -0.39 is 58.7 Å². The molecular formula is C35H38F4N6O5. The molecule has 1 unspecified atom stereocenters. The lowest BCUT2D eigenvalue weighted by atomic mass is 9.98. The second-order valence-electron chi connectivity index (χ2n) is 13.3. The van der Waals surface area contributed by atoms with Crippen molar-refractivity contribution in [2.75, 3.05) is 10.6 Å². The third-order valence-electron chi connectivity index (χ3n) is 6.71. The van der Waals surface area contributed by atoms with E-state index in [0.29, 0.717) is 28.4 Å². The van der Waals surface area contributed by atoms with E-state index in [1.54, 1.807) is 71.9 Å². The first-order chi connectivity index (χ1) is 23.2. The SMILES string of the molecule is CC(C)(C)OC(=O)NCc1cccc(-n2nc(C(F)(F)F)cc2C(=O)Nc2cc(C(N)c3cccc(NC(=O)OC(C)(C)C)c3)ccc2F)c1. The summed E-state index contributed by atoms with van der Waals surface area (Å²) < 4.78 is 67.6. The minimum Gasteiger partial charge on any atom is -0.444 e. The van der Waals surface area contributed by atoms with Crippen molar-refractivity contribution >= 4 is 29.5 Å². The molecule has 0 spiro atoms. The maximum absolute atomic E-state index is 15.0. The van der Waals surface area contributed by atoms with E-state index in [1.165, 1.54) is 30.3 Å². The largest absolute Gasteiger partial charge is 0.444 e. The van der Waals surface area contributed by atoms with Gasteiger partial charge in [0.05, 0.1) is 17.4 Å². The van der Waals surface area contributed by atoms with Crippen LogP contribution in [0.2, 0.25) is 0 Å². The molecule has 50 heavy (non-hydrogen) atoms. The fraction of sp³-hybridized carbons (Fsp3) is 0.314. The summed E-state index contributed by atoms with van der Waals surface area (Å²) in [6.07, 6.45) is -6.27. The molecule has 0 saturated carbocycles. The Balaban J connectivity index is 1.58. The highest BCUT2D eigenvalue weighted by Gasteiger charge is 2.36. The number of aromatic nitrogens is 2. The molecule has 3 aromatic carbocycles. The minimum absolute atomic E-state index is 0.0318. The molecule has 0 aliphatic heterocycles. The number of ether oxygens (including phenoxy) is 2. The van der Waals surface area contributed by atoms with Crippen LogP contribution in [0.15, 0.2) is 72.8 Å². The van der Waals surface area contributed by atoms with Gasteiger partial charge in [0, 0.05) is 18.3 Å². The highest BCUT2D eigenvalue weighted by Crippen LogP contribution is 2.31. The van der Waals surface area contributed by atoms with Crippen molar-refractivity contribution in [3.05, 3.63) is 107 Å². The van der Waals surface area contributed by atoms with Crippen molar-refractivity contribution in [2.24, 2.45) is 5.73 Å². The molecular weight excluding hydrogens is 660 g/mol. The van der Waals surface area contributed by atoms with Crippen LogP contribution in [-0.4, -0.2) is 39.1 Å². The summed E-state index contributed by atoms with van der Waals surface area (Å²) in [5.41, 5.74) is 4.59. The van der Waals surface area contributed by atoms with Gasteiger partial charge in [0.2, 0.25) is 0 Å². The lowest BCUT2D eigenvalue weighted by Gasteiger charge is -2.20. The van der Waals surface area contributed by atoms with E-state index in [9.17, 15) is 27.6 Å². The molecule has 1 atom stereocenters. The lowest BCUT2D eigenvalue weighted by Crippen LogP contribution is -2.32. The number of nitrogens with one attached hydrogen (secondary N) is 3. The molecule has 266 valence electrons. The molecule has 4 rings (SSSR count). The van der Waals surface area contributed by atoms with Gasteiger partial charge in [-0.15, -0.1) is 0 Å². The molecule has 1 aromatic heterocycles. The summed E-state index contributed by atoms with van der Waals surface area (Å²) in [7, 11) is 0. The molecule has 0 aliphatic rings. The van der Waals surface area contributed by atoms with Gasteiger partial charge in [-0.3, -0.25) is 10.1 Å². The van der Waals surface area contributed by atoms with Crippen molar-refractivity contribution in [3.8, 4) is 5.69 Å². The number of amides is 3. The third-order valence-corrected chi connectivity index (χ3v) is 6.71. The van der Waals surface area contributed by atoms with Crippen LogP contribution in [0.1, 0.15) is 80.5 Å². The standard InChI is InChI=1S/C35H38F4N6O5/c1-33(2,3)49-31(47)41-19-20-9-7-12-24(15-20)45-27(18-28(44-45)35(37,38)39)30(46)43-26-17-22(13-14-25(26)36)29(40)21-10-8-11-23(16-21)42-32(48)50-34(4,5)6/h7-18,29H,19,40H2,1-6H3,(H,41,47)(H,42,48)(H,43,46). The molecule has 4 aromatic rings. The number of carbonyl (C=O) groups is 3. The number of hydrogen-bond acceptors (Lipinski definition) is 7. The van der Waals surface area contributed by atoms with Crippen molar-refractivity contribution in [3.63, 3.8) is 0 Å². The Morgan fingerprint density at radius 3 is 2.12 bits per heavy atom. The van der Waals surface area contributed by atoms with Crippen LogP contribution in [0.4, 0.5) is 38.5 Å². The monoisotopic (exact) mass is 698 g/mol. The molecule has 11 nitrogen and oxygen atoms in total. The van der Waals surface area contributed by atoms with Gasteiger partial charge in [-0.25, -0.2) is 18.7 Å². The maximum Gasteiger partial charge on any atom is 0.435 e. The van der Waals surface area contributed by atoms with Crippen LogP contribution in [-0.2, 0) is 22.2 Å². The molecule has 0 radical (unpaired) electrons. The van der Waals surface area contributed by atoms with E-state index in [-0.39, 0.29) is 17.9 Å². The summed E-state index contributed by atoms with van der Waals surface area (Å²) in [6, 6.07) is 16.0. The number of carbonyl (C=O) groups excluding carboxylic acids is 3. The Labute approximate surface area is 286 Å². The Morgan fingerprint density at radius 1 is 0.820 bits per heavy atom. The maximum atomic E-state index is 15.0. The second kappa shape index (κ2) is 14.6. The molecule has 1 heterocycles. The molecule has 0 saturated heterocycles. The smallest absolute Gasteiger partial charge is 0.435 e. The number of halogens is 4. The molecule has 0 fully saturated rings. The van der Waals surface area contributed by atoms with E-state index >= 15 is 4.39 Å². The topological polar surface area (TPSA) is 150 Å². The van der Waals surface area contributed by atoms with Crippen LogP contribution in [0, 0.1) is 5.82 Å². The van der Waals surface area contributed by atoms with Gasteiger partial charge in [-0.1, -0.05) is 30.3 Å². The first-order valence-corrected chi connectivity index (χ1v) is 15.4. The molecule has 3 amide bonds. The predicted octanol–water partition coefficient (Wildman–Crippen LogP) is 7.70. The number of anilines is 2. The second-order valence-corrected chi connectivity index (χ2v) is 13.3. The first kappa shape index (κ1) is 37.4.